The van der Waals surface area contributed by atoms with Gasteiger partial charge in [-0.1, -0.05) is 28.1 Å². The van der Waals surface area contributed by atoms with Gasteiger partial charge in [-0.3, -0.25) is 9.59 Å². The molecule has 3 fully saturated rings. The molecule has 3 heterocycles. The van der Waals surface area contributed by atoms with Crippen molar-refractivity contribution in [1.29, 1.82) is 0 Å². The number of hydrogen-bond donors (Lipinski definition) is 0. The number of likely N-dealkylation sites (N-methyl/N-ethyl adjacent to an activating group) is 1. The molecule has 0 radical (unpaired) electrons. The lowest BCUT2D eigenvalue weighted by molar-refractivity contribution is -0.145. The lowest BCUT2D eigenvalue weighted by Gasteiger charge is -2.37. The van der Waals surface area contributed by atoms with Crippen molar-refractivity contribution in [1.82, 2.24) is 19.0 Å². The molecule has 10 heteroatoms. The number of piperidine rings is 1. The minimum absolute atomic E-state index is 0.0184. The molecule has 2 amide bonds. The van der Waals surface area contributed by atoms with E-state index in [0.717, 1.165) is 54.3 Å². The van der Waals surface area contributed by atoms with E-state index in [1.54, 1.807) is 23.1 Å². The van der Waals surface area contributed by atoms with Crippen LogP contribution in [0.3, 0.4) is 0 Å². The molecule has 0 spiro atoms. The van der Waals surface area contributed by atoms with Crippen LogP contribution in [0, 0.1) is 0 Å². The van der Waals surface area contributed by atoms with Crippen molar-refractivity contribution in [3.8, 4) is 0 Å². The number of likely N-dealkylation sites (tertiary alicyclic amines) is 3. The SMILES string of the molecule is CN([C@H]1CCCN(CC(=O)N2CCC[C@H]2CN2CCCC2)C1=O)S(=O)(=O)c1ccc2cc(Br)ccc2c1. The summed E-state index contributed by atoms with van der Waals surface area (Å²) >= 11 is 3.44. The molecule has 3 saturated heterocycles. The summed E-state index contributed by atoms with van der Waals surface area (Å²) in [6.07, 6.45) is 5.54. The predicted octanol–water partition coefficient (Wildman–Crippen LogP) is 3.30. The molecule has 2 aromatic carbocycles. The molecule has 0 bridgehead atoms. The van der Waals surface area contributed by atoms with Crippen molar-refractivity contribution in [2.24, 2.45) is 0 Å². The Hall–Kier alpha value is -2.01. The number of halogens is 1. The van der Waals surface area contributed by atoms with Crippen molar-refractivity contribution in [2.75, 3.05) is 46.3 Å². The number of amides is 2. The van der Waals surface area contributed by atoms with E-state index in [2.05, 4.69) is 20.8 Å². The monoisotopic (exact) mass is 590 g/mol. The lowest BCUT2D eigenvalue weighted by atomic mass is 10.0. The third kappa shape index (κ3) is 5.57. The van der Waals surface area contributed by atoms with Crippen molar-refractivity contribution in [3.63, 3.8) is 0 Å². The molecule has 0 unspecified atom stereocenters. The zero-order valence-electron chi connectivity index (χ0n) is 21.3. The van der Waals surface area contributed by atoms with Crippen LogP contribution in [0.15, 0.2) is 45.8 Å². The van der Waals surface area contributed by atoms with Crippen molar-refractivity contribution in [2.45, 2.75) is 55.5 Å². The fourth-order valence-electron chi connectivity index (χ4n) is 5.97. The minimum Gasteiger partial charge on any atom is -0.337 e. The predicted molar refractivity (Wildman–Crippen MR) is 147 cm³/mol. The summed E-state index contributed by atoms with van der Waals surface area (Å²) in [5.74, 6) is -0.312. The molecule has 5 rings (SSSR count). The second-order valence-electron chi connectivity index (χ2n) is 10.5. The average Bonchev–Trinajstić information content (AvgIpc) is 3.57. The quantitative estimate of drug-likeness (QED) is 0.494. The van der Waals surface area contributed by atoms with Crippen LogP contribution in [0.1, 0.15) is 38.5 Å². The Kier molecular flexibility index (Phi) is 7.91. The summed E-state index contributed by atoms with van der Waals surface area (Å²) in [7, 11) is -2.42. The van der Waals surface area contributed by atoms with Gasteiger partial charge in [0.25, 0.3) is 0 Å². The van der Waals surface area contributed by atoms with Crippen LogP contribution in [0.25, 0.3) is 10.8 Å². The van der Waals surface area contributed by atoms with Crippen LogP contribution >= 0.6 is 15.9 Å². The molecule has 200 valence electrons. The van der Waals surface area contributed by atoms with E-state index < -0.39 is 16.1 Å². The molecular weight excluding hydrogens is 556 g/mol. The maximum absolute atomic E-state index is 13.5. The van der Waals surface area contributed by atoms with Crippen LogP contribution in [-0.4, -0.2) is 97.6 Å². The van der Waals surface area contributed by atoms with Crippen LogP contribution in [0.2, 0.25) is 0 Å². The zero-order valence-corrected chi connectivity index (χ0v) is 23.7. The molecule has 3 aliphatic rings. The topological polar surface area (TPSA) is 81.2 Å². The molecule has 0 aliphatic carbocycles. The van der Waals surface area contributed by atoms with Crippen LogP contribution in [-0.2, 0) is 19.6 Å². The van der Waals surface area contributed by atoms with E-state index in [4.69, 9.17) is 0 Å². The Bertz CT molecular complexity index is 1280. The lowest BCUT2D eigenvalue weighted by Crippen LogP contribution is -2.55. The minimum atomic E-state index is -3.89. The van der Waals surface area contributed by atoms with Crippen LogP contribution < -0.4 is 0 Å². The smallest absolute Gasteiger partial charge is 0.243 e. The fraction of sp³-hybridized carbons (Fsp3) is 0.556. The van der Waals surface area contributed by atoms with Crippen LogP contribution in [0.5, 0.6) is 0 Å². The largest absolute Gasteiger partial charge is 0.337 e. The number of benzene rings is 2. The molecule has 0 aromatic heterocycles. The van der Waals surface area contributed by atoms with Gasteiger partial charge in [0.1, 0.15) is 6.04 Å². The second-order valence-corrected chi connectivity index (χ2v) is 13.4. The number of rotatable bonds is 7. The van der Waals surface area contributed by atoms with Gasteiger partial charge < -0.3 is 14.7 Å². The molecule has 0 N–H and O–H groups in total. The van der Waals surface area contributed by atoms with Gasteiger partial charge >= 0.3 is 0 Å². The van der Waals surface area contributed by atoms with Gasteiger partial charge in [0.2, 0.25) is 21.8 Å². The Morgan fingerprint density at radius 3 is 2.46 bits per heavy atom. The number of carbonyl (C=O) groups is 2. The van der Waals surface area contributed by atoms with E-state index in [0.29, 0.717) is 19.4 Å². The van der Waals surface area contributed by atoms with Crippen molar-refractivity contribution in [3.05, 3.63) is 40.9 Å². The number of nitrogens with zero attached hydrogens (tertiary/aromatic N) is 4. The van der Waals surface area contributed by atoms with Gasteiger partial charge in [-0.25, -0.2) is 8.42 Å². The second kappa shape index (κ2) is 11.0. The molecule has 2 aromatic rings. The van der Waals surface area contributed by atoms with Crippen LogP contribution in [0.4, 0.5) is 0 Å². The van der Waals surface area contributed by atoms with Gasteiger partial charge in [-0.05, 0) is 86.7 Å². The summed E-state index contributed by atoms with van der Waals surface area (Å²) in [4.78, 5) is 32.8. The average molecular weight is 592 g/mol. The van der Waals surface area contributed by atoms with Gasteiger partial charge in [-0.15, -0.1) is 0 Å². The van der Waals surface area contributed by atoms with E-state index in [9.17, 15) is 18.0 Å². The highest BCUT2D eigenvalue weighted by molar-refractivity contribution is 9.10. The third-order valence-electron chi connectivity index (χ3n) is 8.08. The molecule has 2 atom stereocenters. The molecule has 3 aliphatic heterocycles. The van der Waals surface area contributed by atoms with E-state index in [1.165, 1.54) is 24.2 Å². The summed E-state index contributed by atoms with van der Waals surface area (Å²) in [5.41, 5.74) is 0. The summed E-state index contributed by atoms with van der Waals surface area (Å²) in [6.45, 7) is 4.33. The third-order valence-corrected chi connectivity index (χ3v) is 10.4. The maximum atomic E-state index is 13.5. The van der Waals surface area contributed by atoms with Gasteiger partial charge in [0.05, 0.1) is 11.4 Å². The van der Waals surface area contributed by atoms with E-state index >= 15 is 0 Å². The van der Waals surface area contributed by atoms with Gasteiger partial charge in [-0.2, -0.15) is 4.31 Å². The first-order chi connectivity index (χ1) is 17.7. The van der Waals surface area contributed by atoms with Crippen molar-refractivity contribution < 1.29 is 18.0 Å². The molecular formula is C27H35BrN4O4S. The van der Waals surface area contributed by atoms with Gasteiger partial charge in [0, 0.05) is 37.2 Å². The number of fused-ring (bicyclic) bond motifs is 1. The molecule has 0 saturated carbocycles. The van der Waals surface area contributed by atoms with E-state index in [1.807, 2.05) is 23.1 Å². The fourth-order valence-corrected chi connectivity index (χ4v) is 7.73. The highest BCUT2D eigenvalue weighted by atomic mass is 79.9. The maximum Gasteiger partial charge on any atom is 0.243 e. The summed E-state index contributed by atoms with van der Waals surface area (Å²) in [5, 5.41) is 1.74. The first-order valence-corrected chi connectivity index (χ1v) is 15.5. The Morgan fingerprint density at radius 1 is 0.973 bits per heavy atom. The highest BCUT2D eigenvalue weighted by Gasteiger charge is 2.39. The summed E-state index contributed by atoms with van der Waals surface area (Å²) < 4.78 is 29.1. The first-order valence-electron chi connectivity index (χ1n) is 13.2. The van der Waals surface area contributed by atoms with Crippen molar-refractivity contribution >= 4 is 48.5 Å². The Labute approximate surface area is 227 Å². The van der Waals surface area contributed by atoms with Gasteiger partial charge in [0.15, 0.2) is 0 Å². The highest BCUT2D eigenvalue weighted by Crippen LogP contribution is 2.28. The standard InChI is InChI=1S/C27H35BrN4O4S/c1-29(37(35,36)24-11-9-20-16-22(28)10-8-21(20)17-24)25-7-5-14-31(27(25)34)19-26(33)32-15-4-6-23(32)18-30-12-2-3-13-30/h8-11,16-17,23,25H,2-7,12-15,18-19H2,1H3/t23-,25-/m0/s1. The Balaban J connectivity index is 1.27. The summed E-state index contributed by atoms with van der Waals surface area (Å²) in [6, 6.07) is 10.1. The number of sulfonamides is 1. The normalized spacial score (nSPS) is 23.5. The molecule has 37 heavy (non-hydrogen) atoms. The first kappa shape index (κ1) is 26.6. The number of hydrogen-bond acceptors (Lipinski definition) is 5. The number of carbonyl (C=O) groups excluding carboxylic acids is 2. The molecule has 8 nitrogen and oxygen atoms in total. The Morgan fingerprint density at radius 2 is 1.68 bits per heavy atom. The van der Waals surface area contributed by atoms with E-state index in [-0.39, 0.29) is 29.3 Å². The zero-order chi connectivity index (χ0) is 26.2.